The summed E-state index contributed by atoms with van der Waals surface area (Å²) >= 11 is 0. The number of phenolic OH excluding ortho intramolecular Hbond substituents is 1. The van der Waals surface area contributed by atoms with Gasteiger partial charge in [-0.1, -0.05) is 50.3 Å². The molecule has 0 bridgehead atoms. The fourth-order valence-electron chi connectivity index (χ4n) is 2.49. The molecule has 0 heterocycles. The molecule has 198 valence electrons. The number of nitrogens with one attached hydrogen (secondary N) is 3. The zero-order valence-electron chi connectivity index (χ0n) is 22.6. The second kappa shape index (κ2) is 17.9. The highest BCUT2D eigenvalue weighted by Gasteiger charge is 2.06. The number of hydrogen-bond donors (Lipinski definition) is 5. The number of carboxylic acid groups (broad SMARTS) is 1. The summed E-state index contributed by atoms with van der Waals surface area (Å²) in [5.74, 6) is -1.11. The fourth-order valence-corrected chi connectivity index (χ4v) is 2.49. The number of benzene rings is 2. The maximum absolute atomic E-state index is 11.2. The quantitative estimate of drug-likeness (QED) is 0.0642. The lowest BCUT2D eigenvalue weighted by molar-refractivity contribution is -0.132. The smallest absolute Gasteiger partial charge is 0.335 e. The highest BCUT2D eigenvalue weighted by atomic mass is 16.4. The summed E-state index contributed by atoms with van der Waals surface area (Å²) < 4.78 is 0. The number of anilines is 2. The number of rotatable bonds is 9. The minimum Gasteiger partial charge on any atom is -0.505 e. The summed E-state index contributed by atoms with van der Waals surface area (Å²) in [5.41, 5.74) is 7.71. The number of phenols is 1. The van der Waals surface area contributed by atoms with Crippen LogP contribution < -0.4 is 10.7 Å². The van der Waals surface area contributed by atoms with E-state index >= 15 is 0 Å². The summed E-state index contributed by atoms with van der Waals surface area (Å²) in [4.78, 5) is 21.2. The van der Waals surface area contributed by atoms with Crippen LogP contribution in [0, 0.1) is 19.3 Å². The van der Waals surface area contributed by atoms with Crippen LogP contribution in [0.2, 0.25) is 0 Å². The Morgan fingerprint density at radius 2 is 1.76 bits per heavy atom. The summed E-state index contributed by atoms with van der Waals surface area (Å²) in [7, 11) is 0. The van der Waals surface area contributed by atoms with Crippen LogP contribution in [0.3, 0.4) is 0 Å². The zero-order valence-corrected chi connectivity index (χ0v) is 22.6. The van der Waals surface area contributed by atoms with Gasteiger partial charge < -0.3 is 20.9 Å². The molecule has 8 nitrogen and oxygen atoms in total. The lowest BCUT2D eigenvalue weighted by Gasteiger charge is -2.07. The van der Waals surface area contributed by atoms with E-state index in [-0.39, 0.29) is 11.3 Å². The first-order valence-electron chi connectivity index (χ1n) is 11.8. The average molecular weight is 507 g/mol. The number of nitrogens with zero attached hydrogens (tertiary/aromatic N) is 1. The number of amides is 1. The van der Waals surface area contributed by atoms with Crippen LogP contribution in [0.5, 0.6) is 5.75 Å². The van der Waals surface area contributed by atoms with E-state index in [2.05, 4.69) is 15.8 Å². The monoisotopic (exact) mass is 506 g/mol. The summed E-state index contributed by atoms with van der Waals surface area (Å²) in [6.07, 6.45) is 8.44. The van der Waals surface area contributed by atoms with E-state index in [0.29, 0.717) is 29.1 Å². The molecule has 5 N–H and O–H groups in total. The molecule has 0 saturated heterocycles. The van der Waals surface area contributed by atoms with E-state index in [1.807, 2.05) is 45.9 Å². The topological polar surface area (TPSA) is 135 Å². The van der Waals surface area contributed by atoms with Gasteiger partial charge >= 0.3 is 5.97 Å². The number of carbonyl (C=O) groups excluding carboxylic acids is 1. The maximum Gasteiger partial charge on any atom is 0.335 e. The molecule has 2 aromatic rings. The number of aliphatic carboxylic acids is 1. The fraction of sp³-hybridized carbons (Fsp3) is 0.241. The first kappa shape index (κ1) is 32.5. The molecule has 0 fully saturated rings. The maximum atomic E-state index is 11.2. The van der Waals surface area contributed by atoms with Crippen molar-refractivity contribution < 1.29 is 19.8 Å². The van der Waals surface area contributed by atoms with E-state index < -0.39 is 5.97 Å². The van der Waals surface area contributed by atoms with Gasteiger partial charge in [0.2, 0.25) is 6.41 Å². The van der Waals surface area contributed by atoms with Gasteiger partial charge in [0.05, 0.1) is 22.7 Å². The van der Waals surface area contributed by atoms with E-state index in [4.69, 9.17) is 10.5 Å². The summed E-state index contributed by atoms with van der Waals surface area (Å²) in [5, 5.41) is 33.4. The molecule has 37 heavy (non-hydrogen) atoms. The molecular weight excluding hydrogens is 468 g/mol. The first-order valence-corrected chi connectivity index (χ1v) is 11.8. The van der Waals surface area contributed by atoms with E-state index in [0.717, 1.165) is 5.69 Å². The molecule has 8 heteroatoms. The van der Waals surface area contributed by atoms with Crippen molar-refractivity contribution in [2.45, 2.75) is 48.5 Å². The van der Waals surface area contributed by atoms with Gasteiger partial charge in [0.15, 0.2) is 0 Å². The highest BCUT2D eigenvalue weighted by Crippen LogP contribution is 2.28. The number of allylic oxidation sites excluding steroid dienone is 3. The molecule has 0 atom stereocenters. The molecule has 1 amide bonds. The van der Waals surface area contributed by atoms with Crippen molar-refractivity contribution in [2.75, 3.05) is 10.7 Å². The van der Waals surface area contributed by atoms with Crippen LogP contribution in [-0.2, 0) is 9.59 Å². The number of hydrazone groups is 1. The number of para-hydroxylation sites is 1. The van der Waals surface area contributed by atoms with Gasteiger partial charge in [0.25, 0.3) is 0 Å². The van der Waals surface area contributed by atoms with Crippen molar-refractivity contribution >= 4 is 41.3 Å². The second-order valence-electron chi connectivity index (χ2n) is 7.52. The van der Waals surface area contributed by atoms with Crippen molar-refractivity contribution in [1.29, 1.82) is 5.41 Å². The molecule has 0 spiro atoms. The second-order valence-corrected chi connectivity index (χ2v) is 7.52. The van der Waals surface area contributed by atoms with Crippen LogP contribution >= 0.6 is 0 Å². The number of aryl methyl sites for hydroxylation is 2. The Morgan fingerprint density at radius 3 is 2.30 bits per heavy atom. The Balaban J connectivity index is 0.000000827. The predicted molar refractivity (Wildman–Crippen MR) is 155 cm³/mol. The van der Waals surface area contributed by atoms with E-state index in [1.54, 1.807) is 51.1 Å². The normalized spacial score (nSPS) is 11.2. The SMILES string of the molecule is CC.C\C=C/C=C(\C=C\c1cccc(N/N=C(\C)C(C)=N)c1O)C(=O)O.Cc1ccc(NC=O)cc1C. The van der Waals surface area contributed by atoms with Gasteiger partial charge in [0.1, 0.15) is 5.75 Å². The minimum absolute atomic E-state index is 0.0521. The lowest BCUT2D eigenvalue weighted by atomic mass is 10.1. The first-order chi connectivity index (χ1) is 17.6. The third-order valence-corrected chi connectivity index (χ3v) is 4.84. The van der Waals surface area contributed by atoms with Crippen molar-refractivity contribution in [3.8, 4) is 5.75 Å². The van der Waals surface area contributed by atoms with Crippen LogP contribution in [0.15, 0.2) is 71.4 Å². The number of hydrogen-bond acceptors (Lipinski definition) is 6. The van der Waals surface area contributed by atoms with Gasteiger partial charge in [-0.05, 0) is 76.1 Å². The van der Waals surface area contributed by atoms with Crippen LogP contribution in [0.1, 0.15) is 51.3 Å². The Hall–Kier alpha value is -4.46. The van der Waals surface area contributed by atoms with Gasteiger partial charge in [-0.2, -0.15) is 5.10 Å². The molecule has 0 radical (unpaired) electrons. The largest absolute Gasteiger partial charge is 0.505 e. The molecule has 2 aromatic carbocycles. The van der Waals surface area contributed by atoms with E-state index in [1.165, 1.54) is 29.4 Å². The molecular formula is C29H38N4O4. The summed E-state index contributed by atoms with van der Waals surface area (Å²) in [6, 6.07) is 10.8. The molecule has 0 aliphatic heterocycles. The highest BCUT2D eigenvalue weighted by molar-refractivity contribution is 6.39. The van der Waals surface area contributed by atoms with Crippen molar-refractivity contribution in [2.24, 2.45) is 5.10 Å². The van der Waals surface area contributed by atoms with Gasteiger partial charge in [-0.3, -0.25) is 10.2 Å². The number of carbonyl (C=O) groups is 2. The Labute approximate surface area is 219 Å². The molecule has 0 aliphatic carbocycles. The number of carboxylic acids is 1. The Kier molecular flexibility index (Phi) is 15.7. The number of aromatic hydroxyl groups is 1. The molecule has 2 rings (SSSR count). The Morgan fingerprint density at radius 1 is 1.08 bits per heavy atom. The van der Waals surface area contributed by atoms with Crippen LogP contribution in [0.25, 0.3) is 6.08 Å². The van der Waals surface area contributed by atoms with Gasteiger partial charge in [-0.25, -0.2) is 4.79 Å². The minimum atomic E-state index is -1.06. The lowest BCUT2D eigenvalue weighted by Crippen LogP contribution is -2.06. The van der Waals surface area contributed by atoms with Crippen molar-refractivity contribution in [1.82, 2.24) is 0 Å². The third kappa shape index (κ3) is 12.2. The van der Waals surface area contributed by atoms with Gasteiger partial charge in [0, 0.05) is 11.3 Å². The predicted octanol–water partition coefficient (Wildman–Crippen LogP) is 6.72. The van der Waals surface area contributed by atoms with Crippen LogP contribution in [-0.4, -0.2) is 34.0 Å². The summed E-state index contributed by atoms with van der Waals surface area (Å²) in [6.45, 7) is 13.1. The molecule has 0 saturated carbocycles. The third-order valence-electron chi connectivity index (χ3n) is 4.84. The molecule has 0 aliphatic rings. The molecule has 0 unspecified atom stereocenters. The van der Waals surface area contributed by atoms with Crippen molar-refractivity contribution in [3.63, 3.8) is 0 Å². The van der Waals surface area contributed by atoms with Crippen molar-refractivity contribution in [3.05, 3.63) is 83.0 Å². The van der Waals surface area contributed by atoms with E-state index in [9.17, 15) is 14.7 Å². The average Bonchev–Trinajstić information content (AvgIpc) is 2.87. The zero-order chi connectivity index (χ0) is 28.4. The Bertz CT molecular complexity index is 1180. The van der Waals surface area contributed by atoms with Gasteiger partial charge in [-0.15, -0.1) is 0 Å². The standard InChI is InChI=1S/C18H21N3O3.C9H11NO.C2H6/c1-4-5-7-15(18(23)24)11-10-14-8-6-9-16(17(14)22)21-20-13(3)12(2)19;1-7-3-4-9(10-6-11)5-8(7)2;1-2/h4-11,19,21-22H,1-3H3,(H,23,24);3-6H,1-2H3,(H,10,11);1-2H3/b5-4-,11-10+,15-7+,19-12?,20-13+;;. The molecule has 0 aromatic heterocycles. The van der Waals surface area contributed by atoms with Crippen LogP contribution in [0.4, 0.5) is 11.4 Å².